The summed E-state index contributed by atoms with van der Waals surface area (Å²) in [5, 5.41) is 0.860. The van der Waals surface area contributed by atoms with Gasteiger partial charge in [0.15, 0.2) is 0 Å². The highest BCUT2D eigenvalue weighted by atomic mass is 79.9. The van der Waals surface area contributed by atoms with Gasteiger partial charge in [0.2, 0.25) is 9.05 Å². The number of halogens is 4. The Hall–Kier alpha value is 0.320. The maximum atomic E-state index is 11.3. The van der Waals surface area contributed by atoms with Crippen molar-refractivity contribution in [3.63, 3.8) is 0 Å². The van der Waals surface area contributed by atoms with Crippen LogP contribution < -0.4 is 4.74 Å². The van der Waals surface area contributed by atoms with Crippen molar-refractivity contribution < 1.29 is 13.2 Å². The van der Waals surface area contributed by atoms with Crippen molar-refractivity contribution in [2.75, 3.05) is 12.4 Å². The summed E-state index contributed by atoms with van der Waals surface area (Å²) in [6, 6.07) is 3.21. The summed E-state index contributed by atoms with van der Waals surface area (Å²) in [5.41, 5.74) is -0.284. The molecule has 0 heterocycles. The molecule has 1 unspecified atom stereocenters. The second-order valence-electron chi connectivity index (χ2n) is 5.78. The average molecular weight is 439 g/mol. The van der Waals surface area contributed by atoms with Crippen molar-refractivity contribution in [2.24, 2.45) is 11.3 Å². The lowest BCUT2D eigenvalue weighted by molar-refractivity contribution is 0.163. The van der Waals surface area contributed by atoms with Gasteiger partial charge < -0.3 is 4.74 Å². The van der Waals surface area contributed by atoms with Crippen LogP contribution >= 0.6 is 49.8 Å². The van der Waals surface area contributed by atoms with Gasteiger partial charge in [-0.15, -0.1) is 0 Å². The van der Waals surface area contributed by atoms with Gasteiger partial charge >= 0.3 is 0 Å². The SMILES string of the molecule is CC(C)(C)C(COc1cc(Cl)c(Br)cc1Cl)CS(=O)(=O)Cl. The lowest BCUT2D eigenvalue weighted by Gasteiger charge is -2.29. The summed E-state index contributed by atoms with van der Waals surface area (Å²) in [7, 11) is 1.75. The summed E-state index contributed by atoms with van der Waals surface area (Å²) in [4.78, 5) is 0. The fourth-order valence-corrected chi connectivity index (χ4v) is 3.97. The monoisotopic (exact) mass is 436 g/mol. The molecule has 1 atom stereocenters. The molecule has 21 heavy (non-hydrogen) atoms. The Morgan fingerprint density at radius 2 is 1.81 bits per heavy atom. The van der Waals surface area contributed by atoms with Crippen molar-refractivity contribution in [1.29, 1.82) is 0 Å². The topological polar surface area (TPSA) is 43.4 Å². The molecule has 0 spiro atoms. The quantitative estimate of drug-likeness (QED) is 0.459. The van der Waals surface area contributed by atoms with Gasteiger partial charge in [-0.3, -0.25) is 0 Å². The van der Waals surface area contributed by atoms with Crippen molar-refractivity contribution in [3.05, 3.63) is 26.7 Å². The highest BCUT2D eigenvalue weighted by Gasteiger charge is 2.30. The summed E-state index contributed by atoms with van der Waals surface area (Å²) >= 11 is 15.3. The predicted octanol–water partition coefficient (Wildman–Crippen LogP) is 5.37. The molecular formula is C13H16BrCl3O3S. The standard InChI is InChI=1S/C13H16BrCl3O3S/c1-13(2,3)8(7-21(17,18)19)6-20-12-5-10(15)9(14)4-11(12)16/h4-5,8H,6-7H2,1-3H3. The van der Waals surface area contributed by atoms with Gasteiger partial charge in [0.25, 0.3) is 0 Å². The molecule has 8 heteroatoms. The highest BCUT2D eigenvalue weighted by molar-refractivity contribution is 9.10. The van der Waals surface area contributed by atoms with Crippen LogP contribution in [0.5, 0.6) is 5.75 Å². The zero-order chi connectivity index (χ0) is 16.4. The molecule has 1 aromatic rings. The molecule has 0 aliphatic heterocycles. The Morgan fingerprint density at radius 1 is 1.24 bits per heavy atom. The minimum Gasteiger partial charge on any atom is -0.492 e. The van der Waals surface area contributed by atoms with Gasteiger partial charge in [-0.2, -0.15) is 0 Å². The van der Waals surface area contributed by atoms with Gasteiger partial charge in [0.05, 0.1) is 22.4 Å². The first-order valence-corrected chi connectivity index (χ1v) is 10.1. The van der Waals surface area contributed by atoms with Gasteiger partial charge in [-0.25, -0.2) is 8.42 Å². The maximum absolute atomic E-state index is 11.3. The van der Waals surface area contributed by atoms with E-state index < -0.39 is 9.05 Å². The minimum absolute atomic E-state index is 0.167. The Labute approximate surface area is 148 Å². The van der Waals surface area contributed by atoms with Crippen LogP contribution in [0.15, 0.2) is 16.6 Å². The third kappa shape index (κ3) is 6.53. The summed E-state index contributed by atoms with van der Waals surface area (Å²) in [6.07, 6.45) is 0. The Bertz CT molecular complexity index is 612. The molecule has 0 aliphatic carbocycles. The first-order valence-electron chi connectivity index (χ1n) is 6.10. The van der Waals surface area contributed by atoms with Crippen molar-refractivity contribution in [1.82, 2.24) is 0 Å². The van der Waals surface area contributed by atoms with Gasteiger partial charge in [0, 0.05) is 27.1 Å². The third-order valence-electron chi connectivity index (χ3n) is 3.04. The van der Waals surface area contributed by atoms with E-state index in [0.29, 0.717) is 20.3 Å². The molecule has 0 aliphatic rings. The molecule has 0 aromatic heterocycles. The number of hydrogen-bond acceptors (Lipinski definition) is 3. The van der Waals surface area contributed by atoms with Crippen LogP contribution in [0, 0.1) is 11.3 Å². The van der Waals surface area contributed by atoms with E-state index in [9.17, 15) is 8.42 Å². The van der Waals surface area contributed by atoms with Crippen LogP contribution in [0.1, 0.15) is 20.8 Å². The van der Waals surface area contributed by atoms with Gasteiger partial charge in [-0.1, -0.05) is 44.0 Å². The van der Waals surface area contributed by atoms with Crippen molar-refractivity contribution >= 4 is 58.9 Å². The fraction of sp³-hybridized carbons (Fsp3) is 0.538. The molecule has 0 saturated carbocycles. The molecular weight excluding hydrogens is 422 g/mol. The molecule has 120 valence electrons. The third-order valence-corrected chi connectivity index (χ3v) is 5.71. The second-order valence-corrected chi connectivity index (χ2v) is 10.3. The van der Waals surface area contributed by atoms with E-state index >= 15 is 0 Å². The zero-order valence-corrected chi connectivity index (χ0v) is 16.5. The molecule has 1 rings (SSSR count). The molecule has 0 fully saturated rings. The molecule has 1 aromatic carbocycles. The van der Waals surface area contributed by atoms with E-state index in [4.69, 9.17) is 38.6 Å². The van der Waals surface area contributed by atoms with E-state index in [-0.39, 0.29) is 23.7 Å². The van der Waals surface area contributed by atoms with E-state index in [1.807, 2.05) is 20.8 Å². The predicted molar refractivity (Wildman–Crippen MR) is 92.2 cm³/mol. The summed E-state index contributed by atoms with van der Waals surface area (Å²) < 4.78 is 29.0. The van der Waals surface area contributed by atoms with Crippen LogP contribution in [0.25, 0.3) is 0 Å². The molecule has 0 N–H and O–H groups in total. The first kappa shape index (κ1) is 19.4. The number of benzene rings is 1. The van der Waals surface area contributed by atoms with Gasteiger partial charge in [0.1, 0.15) is 5.75 Å². The van der Waals surface area contributed by atoms with E-state index in [1.165, 1.54) is 0 Å². The number of ether oxygens (including phenoxy) is 1. The summed E-state index contributed by atoms with van der Waals surface area (Å²) in [5.74, 6) is -0.0375. The van der Waals surface area contributed by atoms with Crippen LogP contribution in [-0.4, -0.2) is 20.8 Å². The molecule has 0 saturated heterocycles. The Morgan fingerprint density at radius 3 is 2.29 bits per heavy atom. The van der Waals surface area contributed by atoms with Gasteiger partial charge in [-0.05, 0) is 27.4 Å². The number of hydrogen-bond donors (Lipinski definition) is 0. The Kier molecular flexibility index (Phi) is 6.70. The normalized spacial score (nSPS) is 14.0. The molecule has 0 bridgehead atoms. The molecule has 0 amide bonds. The fourth-order valence-electron chi connectivity index (χ4n) is 1.59. The lowest BCUT2D eigenvalue weighted by Crippen LogP contribution is -2.31. The van der Waals surface area contributed by atoms with E-state index in [1.54, 1.807) is 12.1 Å². The van der Waals surface area contributed by atoms with Crippen LogP contribution in [0.4, 0.5) is 0 Å². The van der Waals surface area contributed by atoms with E-state index in [2.05, 4.69) is 15.9 Å². The molecule has 0 radical (unpaired) electrons. The summed E-state index contributed by atoms with van der Waals surface area (Å²) in [6.45, 7) is 5.96. The minimum atomic E-state index is -3.61. The maximum Gasteiger partial charge on any atom is 0.233 e. The Balaban J connectivity index is 2.90. The van der Waals surface area contributed by atoms with Crippen molar-refractivity contribution in [2.45, 2.75) is 20.8 Å². The smallest absolute Gasteiger partial charge is 0.233 e. The average Bonchev–Trinajstić information content (AvgIpc) is 2.27. The number of rotatable bonds is 5. The second kappa shape index (κ2) is 7.26. The van der Waals surface area contributed by atoms with Crippen LogP contribution in [0.3, 0.4) is 0 Å². The largest absolute Gasteiger partial charge is 0.492 e. The van der Waals surface area contributed by atoms with Crippen LogP contribution in [-0.2, 0) is 9.05 Å². The highest BCUT2D eigenvalue weighted by Crippen LogP contribution is 2.35. The zero-order valence-electron chi connectivity index (χ0n) is 11.8. The first-order chi connectivity index (χ1) is 9.40. The lowest BCUT2D eigenvalue weighted by atomic mass is 9.82. The van der Waals surface area contributed by atoms with E-state index in [0.717, 1.165) is 0 Å². The van der Waals surface area contributed by atoms with Crippen molar-refractivity contribution in [3.8, 4) is 5.75 Å². The molecule has 3 nitrogen and oxygen atoms in total. The van der Waals surface area contributed by atoms with Crippen LogP contribution in [0.2, 0.25) is 10.0 Å².